The Balaban J connectivity index is 2.23. The number of hydrogen-bond donors (Lipinski definition) is 3. The van der Waals surface area contributed by atoms with Crippen molar-refractivity contribution in [2.45, 2.75) is 18.9 Å². The van der Waals surface area contributed by atoms with Crippen LogP contribution in [0.25, 0.3) is 0 Å². The van der Waals surface area contributed by atoms with Crippen LogP contribution in [-0.2, 0) is 0 Å². The summed E-state index contributed by atoms with van der Waals surface area (Å²) < 4.78 is 0. The minimum absolute atomic E-state index is 0.124. The average Bonchev–Trinajstić information content (AvgIpc) is 3.11. The maximum Gasteiger partial charge on any atom is 0.293 e. The van der Waals surface area contributed by atoms with E-state index in [2.05, 4.69) is 10.7 Å². The summed E-state index contributed by atoms with van der Waals surface area (Å²) in [5.41, 5.74) is 2.54. The Kier molecular flexibility index (Phi) is 2.92. The van der Waals surface area contributed by atoms with Gasteiger partial charge in [-0.2, -0.15) is 0 Å². The molecule has 1 aromatic rings. The molecule has 7 nitrogen and oxygen atoms in total. The molecule has 0 unspecified atom stereocenters. The first-order valence-electron chi connectivity index (χ1n) is 5.17. The SMILES string of the molecule is NNc1cc(C(=O)NC2CC2)ccc1[N+](=O)[O-]. The lowest BCUT2D eigenvalue weighted by Crippen LogP contribution is -2.25. The molecule has 0 aromatic heterocycles. The van der Waals surface area contributed by atoms with E-state index < -0.39 is 4.92 Å². The number of carbonyl (C=O) groups excluding carboxylic acids is 1. The van der Waals surface area contributed by atoms with Gasteiger partial charge in [-0.1, -0.05) is 0 Å². The highest BCUT2D eigenvalue weighted by molar-refractivity contribution is 5.96. The predicted molar refractivity (Wildman–Crippen MR) is 61.4 cm³/mol. The molecule has 0 atom stereocenters. The van der Waals surface area contributed by atoms with Crippen molar-refractivity contribution >= 4 is 17.3 Å². The molecule has 1 saturated carbocycles. The Morgan fingerprint density at radius 2 is 2.18 bits per heavy atom. The number of nitrogens with zero attached hydrogens (tertiary/aromatic N) is 1. The Labute approximate surface area is 97.1 Å². The Bertz CT molecular complexity index is 471. The van der Waals surface area contributed by atoms with Crippen molar-refractivity contribution in [1.29, 1.82) is 0 Å². The number of hydrogen-bond acceptors (Lipinski definition) is 5. The normalized spacial score (nSPS) is 14.2. The highest BCUT2D eigenvalue weighted by Crippen LogP contribution is 2.25. The van der Waals surface area contributed by atoms with Crippen molar-refractivity contribution in [3.05, 3.63) is 33.9 Å². The Hall–Kier alpha value is -2.15. The molecule has 1 amide bonds. The van der Waals surface area contributed by atoms with Crippen LogP contribution in [0.4, 0.5) is 11.4 Å². The zero-order valence-corrected chi connectivity index (χ0v) is 8.97. The summed E-state index contributed by atoms with van der Waals surface area (Å²) in [5.74, 6) is 4.95. The predicted octanol–water partition coefficient (Wildman–Crippen LogP) is 0.773. The van der Waals surface area contributed by atoms with Crippen molar-refractivity contribution in [3.63, 3.8) is 0 Å². The number of hydrazine groups is 1. The van der Waals surface area contributed by atoms with Gasteiger partial charge in [0.2, 0.25) is 0 Å². The second kappa shape index (κ2) is 4.38. The van der Waals surface area contributed by atoms with Crippen molar-refractivity contribution < 1.29 is 9.72 Å². The third-order valence-electron chi connectivity index (χ3n) is 2.52. The fourth-order valence-corrected chi connectivity index (χ4v) is 1.45. The molecule has 0 bridgehead atoms. The fourth-order valence-electron chi connectivity index (χ4n) is 1.45. The number of amides is 1. The summed E-state index contributed by atoms with van der Waals surface area (Å²) in [6.45, 7) is 0. The van der Waals surface area contributed by atoms with Gasteiger partial charge in [-0.3, -0.25) is 20.8 Å². The van der Waals surface area contributed by atoms with Crippen LogP contribution in [0.15, 0.2) is 18.2 Å². The van der Waals surface area contributed by atoms with Gasteiger partial charge in [0, 0.05) is 17.7 Å². The van der Waals surface area contributed by atoms with Gasteiger partial charge < -0.3 is 10.7 Å². The highest BCUT2D eigenvalue weighted by Gasteiger charge is 2.24. The molecule has 4 N–H and O–H groups in total. The van der Waals surface area contributed by atoms with Gasteiger partial charge in [0.15, 0.2) is 0 Å². The van der Waals surface area contributed by atoms with Crippen LogP contribution in [-0.4, -0.2) is 16.9 Å². The number of nitrogen functional groups attached to an aromatic ring is 1. The Morgan fingerprint density at radius 3 is 2.71 bits per heavy atom. The molecule has 1 aromatic carbocycles. The molecule has 1 aliphatic carbocycles. The molecule has 0 spiro atoms. The lowest BCUT2D eigenvalue weighted by atomic mass is 10.1. The molecular weight excluding hydrogens is 224 g/mol. The minimum atomic E-state index is -0.558. The van der Waals surface area contributed by atoms with Gasteiger partial charge in [0.05, 0.1) is 4.92 Å². The van der Waals surface area contributed by atoms with Gasteiger partial charge >= 0.3 is 0 Å². The first kappa shape index (κ1) is 11.3. The molecule has 90 valence electrons. The zero-order chi connectivity index (χ0) is 12.4. The number of nitro benzene ring substituents is 1. The summed E-state index contributed by atoms with van der Waals surface area (Å²) in [5, 5.41) is 13.5. The summed E-state index contributed by atoms with van der Waals surface area (Å²) in [4.78, 5) is 21.8. The van der Waals surface area contributed by atoms with E-state index in [0.29, 0.717) is 5.56 Å². The van der Waals surface area contributed by atoms with Crippen LogP contribution in [0.1, 0.15) is 23.2 Å². The van der Waals surface area contributed by atoms with Crippen molar-refractivity contribution in [2.24, 2.45) is 5.84 Å². The third-order valence-corrected chi connectivity index (χ3v) is 2.52. The number of anilines is 1. The lowest BCUT2D eigenvalue weighted by Gasteiger charge is -2.06. The van der Waals surface area contributed by atoms with Gasteiger partial charge in [-0.05, 0) is 25.0 Å². The first-order valence-corrected chi connectivity index (χ1v) is 5.17. The van der Waals surface area contributed by atoms with Crippen LogP contribution in [0, 0.1) is 10.1 Å². The standard InChI is InChI=1S/C10H12N4O3/c11-13-8-5-6(1-4-9(8)14(16)17)10(15)12-7-2-3-7/h1,4-5,7,13H,2-3,11H2,(H,12,15). The van der Waals surface area contributed by atoms with E-state index in [1.807, 2.05) is 0 Å². The third kappa shape index (κ3) is 2.51. The van der Waals surface area contributed by atoms with Crippen molar-refractivity contribution in [1.82, 2.24) is 5.32 Å². The number of nitro groups is 1. The van der Waals surface area contributed by atoms with Crippen molar-refractivity contribution in [3.8, 4) is 0 Å². The van der Waals surface area contributed by atoms with Crippen LogP contribution >= 0.6 is 0 Å². The summed E-state index contributed by atoms with van der Waals surface area (Å²) in [7, 11) is 0. The molecule has 1 fully saturated rings. The van der Waals surface area contributed by atoms with Crippen LogP contribution < -0.4 is 16.6 Å². The van der Waals surface area contributed by atoms with E-state index in [9.17, 15) is 14.9 Å². The van der Waals surface area contributed by atoms with Gasteiger partial charge in [-0.15, -0.1) is 0 Å². The highest BCUT2D eigenvalue weighted by atomic mass is 16.6. The minimum Gasteiger partial charge on any atom is -0.349 e. The largest absolute Gasteiger partial charge is 0.349 e. The smallest absolute Gasteiger partial charge is 0.293 e. The fraction of sp³-hybridized carbons (Fsp3) is 0.300. The maximum atomic E-state index is 11.7. The second-order valence-electron chi connectivity index (χ2n) is 3.88. The van der Waals surface area contributed by atoms with E-state index in [0.717, 1.165) is 12.8 Å². The van der Waals surface area contributed by atoms with E-state index in [4.69, 9.17) is 5.84 Å². The zero-order valence-electron chi connectivity index (χ0n) is 8.97. The topological polar surface area (TPSA) is 110 Å². The molecule has 0 saturated heterocycles. The van der Waals surface area contributed by atoms with Gasteiger partial charge in [-0.25, -0.2) is 0 Å². The monoisotopic (exact) mass is 236 g/mol. The number of rotatable bonds is 4. The maximum absolute atomic E-state index is 11.7. The molecule has 17 heavy (non-hydrogen) atoms. The van der Waals surface area contributed by atoms with Crippen LogP contribution in [0.3, 0.4) is 0 Å². The second-order valence-corrected chi connectivity index (χ2v) is 3.88. The first-order chi connectivity index (χ1) is 8.11. The molecule has 0 aliphatic heterocycles. The number of nitrogens with two attached hydrogens (primary N) is 1. The van der Waals surface area contributed by atoms with E-state index in [-0.39, 0.29) is 23.3 Å². The number of nitrogens with one attached hydrogen (secondary N) is 2. The van der Waals surface area contributed by atoms with Crippen molar-refractivity contribution in [2.75, 3.05) is 5.43 Å². The molecule has 0 heterocycles. The molecule has 7 heteroatoms. The van der Waals surface area contributed by atoms with Gasteiger partial charge in [0.25, 0.3) is 11.6 Å². The molecule has 1 aliphatic rings. The van der Waals surface area contributed by atoms with E-state index in [1.165, 1.54) is 18.2 Å². The van der Waals surface area contributed by atoms with Crippen LogP contribution in [0.5, 0.6) is 0 Å². The Morgan fingerprint density at radius 1 is 1.47 bits per heavy atom. The van der Waals surface area contributed by atoms with Crippen LogP contribution in [0.2, 0.25) is 0 Å². The quantitative estimate of drug-likeness (QED) is 0.406. The molecule has 0 radical (unpaired) electrons. The number of carbonyl (C=O) groups is 1. The van der Waals surface area contributed by atoms with E-state index in [1.54, 1.807) is 0 Å². The summed E-state index contributed by atoms with van der Waals surface area (Å²) in [6, 6.07) is 4.29. The lowest BCUT2D eigenvalue weighted by molar-refractivity contribution is -0.384. The number of benzene rings is 1. The summed E-state index contributed by atoms with van der Waals surface area (Å²) in [6.07, 6.45) is 1.97. The average molecular weight is 236 g/mol. The summed E-state index contributed by atoms with van der Waals surface area (Å²) >= 11 is 0. The van der Waals surface area contributed by atoms with Gasteiger partial charge in [0.1, 0.15) is 5.69 Å². The molecule has 2 rings (SSSR count). The molecular formula is C10H12N4O3. The van der Waals surface area contributed by atoms with E-state index >= 15 is 0 Å².